The van der Waals surface area contributed by atoms with Crippen molar-refractivity contribution in [2.45, 2.75) is 93.8 Å². The molecule has 4 heteroatoms. The smallest absolute Gasteiger partial charge is 0.164 e. The number of para-hydroxylation sites is 2. The van der Waals surface area contributed by atoms with Crippen LogP contribution in [0.4, 0.5) is 0 Å². The van der Waals surface area contributed by atoms with Crippen molar-refractivity contribution in [1.29, 1.82) is 0 Å². The first kappa shape index (κ1) is 41.0. The van der Waals surface area contributed by atoms with Crippen LogP contribution in [-0.2, 0) is 16.2 Å². The van der Waals surface area contributed by atoms with E-state index in [1.807, 2.05) is 0 Å². The molecule has 17 rings (SSSR count). The first-order valence-electron chi connectivity index (χ1n) is 27.1. The first-order chi connectivity index (χ1) is 34.9. The SMILES string of the molecule is CC1CC2C[C@H]3CC(c4ccc(-c5nc(-c6ccc(-c7cccc8c7-c7ccccc7C87c8ccccc8Oc8ccccc87)cc6)nc(-c6ccc(C78CC9CC(CC(C9)C7)C8)cc6)n5)cc4)(C1)CC23. The molecule has 1 aromatic heterocycles. The van der Waals surface area contributed by atoms with Crippen molar-refractivity contribution in [3.8, 4) is 67.9 Å². The van der Waals surface area contributed by atoms with Gasteiger partial charge in [-0.1, -0.05) is 159 Å². The van der Waals surface area contributed by atoms with Crippen molar-refractivity contribution in [3.63, 3.8) is 0 Å². The minimum atomic E-state index is -0.510. The first-order valence-corrected chi connectivity index (χ1v) is 27.1. The van der Waals surface area contributed by atoms with Gasteiger partial charge in [-0.05, 0) is 180 Å². The molecule has 5 atom stereocenters. The third-order valence-electron chi connectivity index (χ3n) is 20.0. The molecule has 7 aromatic carbocycles. The fourth-order valence-electron chi connectivity index (χ4n) is 17.7. The number of rotatable bonds is 6. The summed E-state index contributed by atoms with van der Waals surface area (Å²) >= 11 is 0. The molecule has 4 unspecified atom stereocenters. The third-order valence-corrected chi connectivity index (χ3v) is 20.0. The molecule has 1 spiro atoms. The molecule has 2 heterocycles. The number of benzene rings is 7. The summed E-state index contributed by atoms with van der Waals surface area (Å²) in [5.74, 6) is 10.4. The van der Waals surface area contributed by atoms with Gasteiger partial charge in [0.1, 0.15) is 11.5 Å². The monoisotopic (exact) mass is 921 g/mol. The standard InChI is InChI=1S/C67H59N3O/c1-40-29-48-33-49-38-65(34-40,39-54(48)49)50-25-21-46(22-26-50)63-68-62(69-64(70-63)47-23-27-51(28-24-47)66-35-41-30-42(36-66)32-43(31-41)37-66)45-19-17-44(18-20-45)52-10-8-14-58-61(52)53-9-2-3-11-55(53)67(58)56-12-4-6-15-59(56)71-60-16-7-5-13-57(60)67/h2-28,40-43,48-49,54H,29-39H2,1H3/t40?,41?,42?,43?,48?,49-,54?,65?,66?/m0/s1. The molecule has 1 aliphatic heterocycles. The van der Waals surface area contributed by atoms with E-state index in [-0.39, 0.29) is 0 Å². The third kappa shape index (κ3) is 5.94. The van der Waals surface area contributed by atoms with Crippen molar-refractivity contribution >= 4 is 0 Å². The van der Waals surface area contributed by atoms with Crippen molar-refractivity contribution in [2.75, 3.05) is 0 Å². The largest absolute Gasteiger partial charge is 0.457 e. The van der Waals surface area contributed by atoms with E-state index < -0.39 is 5.41 Å². The van der Waals surface area contributed by atoms with Gasteiger partial charge >= 0.3 is 0 Å². The summed E-state index contributed by atoms with van der Waals surface area (Å²) in [5.41, 5.74) is 16.2. The highest BCUT2D eigenvalue weighted by molar-refractivity contribution is 5.96. The molecule has 71 heavy (non-hydrogen) atoms. The topological polar surface area (TPSA) is 47.9 Å². The van der Waals surface area contributed by atoms with Crippen LogP contribution < -0.4 is 4.74 Å². The van der Waals surface area contributed by atoms with Gasteiger partial charge in [0.05, 0.1) is 5.41 Å². The molecule has 9 aliphatic rings. The Labute approximate surface area is 418 Å². The molecule has 348 valence electrons. The van der Waals surface area contributed by atoms with Gasteiger partial charge in [-0.15, -0.1) is 0 Å². The van der Waals surface area contributed by atoms with E-state index in [4.69, 9.17) is 19.7 Å². The van der Waals surface area contributed by atoms with Crippen LogP contribution >= 0.6 is 0 Å². The van der Waals surface area contributed by atoms with E-state index in [1.54, 1.807) is 0 Å². The predicted molar refractivity (Wildman–Crippen MR) is 283 cm³/mol. The summed E-state index contributed by atoms with van der Waals surface area (Å²) in [6, 6.07) is 61.1. The summed E-state index contributed by atoms with van der Waals surface area (Å²) in [6.45, 7) is 2.51. The minimum absolute atomic E-state index is 0.315. The van der Waals surface area contributed by atoms with Crippen LogP contribution in [0.5, 0.6) is 11.5 Å². The van der Waals surface area contributed by atoms with E-state index in [0.717, 1.165) is 86.8 Å². The highest BCUT2D eigenvalue weighted by Gasteiger charge is 2.57. The fourth-order valence-corrected chi connectivity index (χ4v) is 17.7. The Morgan fingerprint density at radius 2 is 0.873 bits per heavy atom. The highest BCUT2D eigenvalue weighted by Crippen LogP contribution is 2.66. The van der Waals surface area contributed by atoms with Crippen LogP contribution in [-0.4, -0.2) is 15.0 Å². The van der Waals surface area contributed by atoms with E-state index in [0.29, 0.717) is 16.7 Å². The molecular formula is C67H59N3O. The lowest BCUT2D eigenvalue weighted by Gasteiger charge is -2.57. The second-order valence-electron chi connectivity index (χ2n) is 24.0. The van der Waals surface area contributed by atoms with Gasteiger partial charge in [0, 0.05) is 27.8 Å². The van der Waals surface area contributed by atoms with Crippen molar-refractivity contribution < 1.29 is 4.74 Å². The fraction of sp³-hybridized carbons (Fsp3) is 0.328. The number of fused-ring (bicyclic) bond motifs is 10. The number of aromatic nitrogens is 3. The number of nitrogens with zero attached hydrogens (tertiary/aromatic N) is 3. The van der Waals surface area contributed by atoms with Gasteiger partial charge in [-0.3, -0.25) is 0 Å². The van der Waals surface area contributed by atoms with E-state index >= 15 is 0 Å². The average Bonchev–Trinajstić information content (AvgIpc) is 3.83. The average molecular weight is 922 g/mol. The Kier molecular flexibility index (Phi) is 8.64. The molecule has 6 bridgehead atoms. The van der Waals surface area contributed by atoms with E-state index in [2.05, 4.69) is 171 Å². The molecule has 0 amide bonds. The van der Waals surface area contributed by atoms with Gasteiger partial charge in [-0.2, -0.15) is 0 Å². The lowest BCUT2D eigenvalue weighted by molar-refractivity contribution is -0.00518. The molecule has 0 saturated heterocycles. The molecule has 4 nitrogen and oxygen atoms in total. The van der Waals surface area contributed by atoms with E-state index in [9.17, 15) is 0 Å². The maximum absolute atomic E-state index is 6.62. The Morgan fingerprint density at radius 3 is 1.46 bits per heavy atom. The summed E-state index contributed by atoms with van der Waals surface area (Å²) in [6.07, 6.45) is 15.4. The predicted octanol–water partition coefficient (Wildman–Crippen LogP) is 16.2. The zero-order valence-electron chi connectivity index (χ0n) is 40.7. The van der Waals surface area contributed by atoms with Crippen LogP contribution in [0.3, 0.4) is 0 Å². The Morgan fingerprint density at radius 1 is 0.394 bits per heavy atom. The van der Waals surface area contributed by atoms with Crippen molar-refractivity contribution in [2.24, 2.45) is 41.4 Å². The molecule has 7 saturated carbocycles. The van der Waals surface area contributed by atoms with E-state index in [1.165, 1.54) is 121 Å². The van der Waals surface area contributed by atoms with Crippen LogP contribution in [0.25, 0.3) is 56.4 Å². The normalized spacial score (nSPS) is 29.3. The van der Waals surface area contributed by atoms with Gasteiger partial charge in [0.15, 0.2) is 17.5 Å². The Bertz CT molecular complexity index is 3380. The summed E-state index contributed by atoms with van der Waals surface area (Å²) in [4.78, 5) is 16.0. The summed E-state index contributed by atoms with van der Waals surface area (Å²) in [7, 11) is 0. The summed E-state index contributed by atoms with van der Waals surface area (Å²) < 4.78 is 6.62. The van der Waals surface area contributed by atoms with Gasteiger partial charge < -0.3 is 4.74 Å². The zero-order valence-corrected chi connectivity index (χ0v) is 40.7. The lowest BCUT2D eigenvalue weighted by Crippen LogP contribution is -2.48. The van der Waals surface area contributed by atoms with Gasteiger partial charge in [0.2, 0.25) is 0 Å². The Balaban J connectivity index is 0.792. The molecular weight excluding hydrogens is 863 g/mol. The zero-order chi connectivity index (χ0) is 46.6. The lowest BCUT2D eigenvalue weighted by atomic mass is 9.48. The minimum Gasteiger partial charge on any atom is -0.457 e. The molecule has 7 fully saturated rings. The van der Waals surface area contributed by atoms with Crippen LogP contribution in [0, 0.1) is 41.4 Å². The number of hydrogen-bond acceptors (Lipinski definition) is 4. The maximum Gasteiger partial charge on any atom is 0.164 e. The molecule has 0 radical (unpaired) electrons. The van der Waals surface area contributed by atoms with Crippen LogP contribution in [0.2, 0.25) is 0 Å². The Hall–Kier alpha value is -6.65. The molecule has 8 aromatic rings. The van der Waals surface area contributed by atoms with Crippen molar-refractivity contribution in [3.05, 3.63) is 197 Å². The quantitative estimate of drug-likeness (QED) is 0.167. The van der Waals surface area contributed by atoms with Crippen LogP contribution in [0.15, 0.2) is 164 Å². The highest BCUT2D eigenvalue weighted by atomic mass is 16.5. The molecule has 8 aliphatic carbocycles. The van der Waals surface area contributed by atoms with Gasteiger partial charge in [0.25, 0.3) is 0 Å². The van der Waals surface area contributed by atoms with Crippen molar-refractivity contribution in [1.82, 2.24) is 15.0 Å². The number of ether oxygens (including phenoxy) is 1. The second kappa shape index (κ2) is 14.9. The molecule has 0 N–H and O–H groups in total. The van der Waals surface area contributed by atoms with Crippen LogP contribution in [0.1, 0.15) is 111 Å². The second-order valence-corrected chi connectivity index (χ2v) is 24.0. The maximum atomic E-state index is 6.62. The van der Waals surface area contributed by atoms with Gasteiger partial charge in [-0.25, -0.2) is 15.0 Å². The number of hydrogen-bond donors (Lipinski definition) is 0. The summed E-state index contributed by atoms with van der Waals surface area (Å²) in [5, 5.41) is 0.